The number of likely N-dealkylation sites (tertiary alicyclic amines) is 1. The zero-order chi connectivity index (χ0) is 20.6. The zero-order valence-electron chi connectivity index (χ0n) is 17.7. The molecule has 3 aromatic rings. The van der Waals surface area contributed by atoms with Gasteiger partial charge in [0.15, 0.2) is 0 Å². The second-order valence-electron chi connectivity index (χ2n) is 7.78. The molecule has 1 saturated heterocycles. The molecule has 0 amide bonds. The van der Waals surface area contributed by atoms with Crippen LogP contribution >= 0.6 is 11.8 Å². The SMILES string of the molecule is CSc1ccc(/C(=N\OCCCN2CCCCC2)c2cccc3ccccc23)cc1. The standard InChI is InChI=1S/C26H30N2OS/c1-30-23-15-13-22(14-16-23)26(25-12-7-10-21-9-3-4-11-24(21)25)27-29-20-8-19-28-17-5-2-6-18-28/h3-4,7,9-16H,2,5-6,8,17-20H2,1H3/b27-26+. The molecule has 30 heavy (non-hydrogen) atoms. The van der Waals surface area contributed by atoms with E-state index in [4.69, 9.17) is 4.84 Å². The van der Waals surface area contributed by atoms with E-state index in [1.807, 2.05) is 0 Å². The third-order valence-corrected chi connectivity index (χ3v) is 6.47. The monoisotopic (exact) mass is 418 g/mol. The number of piperidine rings is 1. The highest BCUT2D eigenvalue weighted by Gasteiger charge is 2.13. The van der Waals surface area contributed by atoms with E-state index in [1.165, 1.54) is 48.0 Å². The Hall–Kier alpha value is -2.30. The van der Waals surface area contributed by atoms with Gasteiger partial charge in [-0.1, -0.05) is 66.2 Å². The Bertz CT molecular complexity index is 972. The van der Waals surface area contributed by atoms with Gasteiger partial charge in [-0.15, -0.1) is 11.8 Å². The maximum atomic E-state index is 5.86. The molecule has 0 atom stereocenters. The lowest BCUT2D eigenvalue weighted by molar-refractivity contribution is 0.124. The summed E-state index contributed by atoms with van der Waals surface area (Å²) < 4.78 is 0. The van der Waals surface area contributed by atoms with Crippen LogP contribution in [0.5, 0.6) is 0 Å². The third-order valence-electron chi connectivity index (χ3n) is 5.72. The van der Waals surface area contributed by atoms with Crippen molar-refractivity contribution < 1.29 is 4.84 Å². The minimum Gasteiger partial charge on any atom is -0.395 e. The summed E-state index contributed by atoms with van der Waals surface area (Å²) in [6, 6.07) is 23.4. The van der Waals surface area contributed by atoms with Gasteiger partial charge in [0.05, 0.1) is 0 Å². The normalized spacial score (nSPS) is 15.4. The van der Waals surface area contributed by atoms with Crippen LogP contribution < -0.4 is 0 Å². The van der Waals surface area contributed by atoms with Crippen molar-refractivity contribution in [2.24, 2.45) is 5.16 Å². The molecule has 156 valence electrons. The Labute approximate surface area is 184 Å². The van der Waals surface area contributed by atoms with Crippen LogP contribution in [0.15, 0.2) is 76.8 Å². The van der Waals surface area contributed by atoms with Crippen LogP contribution in [0, 0.1) is 0 Å². The highest BCUT2D eigenvalue weighted by atomic mass is 32.2. The topological polar surface area (TPSA) is 24.8 Å². The van der Waals surface area contributed by atoms with Gasteiger partial charge < -0.3 is 9.74 Å². The first-order valence-electron chi connectivity index (χ1n) is 10.9. The fraction of sp³-hybridized carbons (Fsp3) is 0.346. The van der Waals surface area contributed by atoms with Crippen LogP contribution in [0.3, 0.4) is 0 Å². The predicted octanol–water partition coefficient (Wildman–Crippen LogP) is 6.21. The maximum Gasteiger partial charge on any atom is 0.118 e. The molecule has 1 heterocycles. The van der Waals surface area contributed by atoms with Gasteiger partial charge in [-0.3, -0.25) is 0 Å². The van der Waals surface area contributed by atoms with Crippen molar-refractivity contribution >= 4 is 28.2 Å². The van der Waals surface area contributed by atoms with Crippen molar-refractivity contribution in [2.75, 3.05) is 32.5 Å². The summed E-state index contributed by atoms with van der Waals surface area (Å²) in [5, 5.41) is 7.06. The molecule has 0 bridgehead atoms. The largest absolute Gasteiger partial charge is 0.395 e. The van der Waals surface area contributed by atoms with E-state index in [-0.39, 0.29) is 0 Å². The van der Waals surface area contributed by atoms with E-state index in [2.05, 4.69) is 83.0 Å². The number of oxime groups is 1. The lowest BCUT2D eigenvalue weighted by Crippen LogP contribution is -2.31. The van der Waals surface area contributed by atoms with Gasteiger partial charge in [0.2, 0.25) is 0 Å². The minimum absolute atomic E-state index is 0.646. The second kappa shape index (κ2) is 10.6. The van der Waals surface area contributed by atoms with Crippen LogP contribution in [0.2, 0.25) is 0 Å². The number of hydrogen-bond donors (Lipinski definition) is 0. The molecule has 1 aliphatic heterocycles. The molecule has 0 radical (unpaired) electrons. The average Bonchev–Trinajstić information content (AvgIpc) is 2.82. The molecule has 0 spiro atoms. The van der Waals surface area contributed by atoms with Crippen LogP contribution in [0.4, 0.5) is 0 Å². The number of fused-ring (bicyclic) bond motifs is 1. The van der Waals surface area contributed by atoms with Gasteiger partial charge in [0, 0.05) is 22.6 Å². The summed E-state index contributed by atoms with van der Waals surface area (Å²) in [7, 11) is 0. The Balaban J connectivity index is 1.54. The highest BCUT2D eigenvalue weighted by molar-refractivity contribution is 7.98. The van der Waals surface area contributed by atoms with Crippen molar-refractivity contribution in [2.45, 2.75) is 30.6 Å². The molecule has 0 aliphatic carbocycles. The molecule has 0 unspecified atom stereocenters. The van der Waals surface area contributed by atoms with Crippen LogP contribution in [0.1, 0.15) is 36.8 Å². The van der Waals surface area contributed by atoms with Crippen molar-refractivity contribution in [1.29, 1.82) is 0 Å². The molecule has 0 saturated carbocycles. The highest BCUT2D eigenvalue weighted by Crippen LogP contribution is 2.24. The van der Waals surface area contributed by atoms with Crippen LogP contribution in [0.25, 0.3) is 10.8 Å². The number of rotatable bonds is 8. The lowest BCUT2D eigenvalue weighted by atomic mass is 9.97. The molecule has 3 nitrogen and oxygen atoms in total. The summed E-state index contributed by atoms with van der Waals surface area (Å²) in [5.74, 6) is 0. The van der Waals surface area contributed by atoms with Crippen molar-refractivity contribution in [3.05, 3.63) is 77.9 Å². The van der Waals surface area contributed by atoms with Crippen molar-refractivity contribution in [3.63, 3.8) is 0 Å². The summed E-state index contributed by atoms with van der Waals surface area (Å²) in [6.07, 6.45) is 7.14. The van der Waals surface area contributed by atoms with E-state index in [0.29, 0.717) is 6.61 Å². The zero-order valence-corrected chi connectivity index (χ0v) is 18.5. The molecule has 1 fully saturated rings. The Morgan fingerprint density at radius 3 is 2.50 bits per heavy atom. The first-order valence-corrected chi connectivity index (χ1v) is 12.1. The van der Waals surface area contributed by atoms with Gasteiger partial charge in [0.25, 0.3) is 0 Å². The number of nitrogens with zero attached hydrogens (tertiary/aromatic N) is 2. The van der Waals surface area contributed by atoms with Gasteiger partial charge >= 0.3 is 0 Å². The minimum atomic E-state index is 0.646. The van der Waals surface area contributed by atoms with E-state index >= 15 is 0 Å². The fourth-order valence-electron chi connectivity index (χ4n) is 4.08. The van der Waals surface area contributed by atoms with E-state index < -0.39 is 0 Å². The number of thioether (sulfide) groups is 1. The molecule has 0 aromatic heterocycles. The third kappa shape index (κ3) is 5.24. The smallest absolute Gasteiger partial charge is 0.118 e. The van der Waals surface area contributed by atoms with Gasteiger partial charge in [-0.2, -0.15) is 0 Å². The molecule has 0 N–H and O–H groups in total. The molecular weight excluding hydrogens is 388 g/mol. The Kier molecular flexibility index (Phi) is 7.44. The van der Waals surface area contributed by atoms with Gasteiger partial charge in [-0.05, 0) is 61.5 Å². The summed E-state index contributed by atoms with van der Waals surface area (Å²) in [5.41, 5.74) is 3.10. The summed E-state index contributed by atoms with van der Waals surface area (Å²) >= 11 is 1.75. The Morgan fingerprint density at radius 1 is 0.933 bits per heavy atom. The first-order chi connectivity index (χ1) is 14.8. The van der Waals surface area contributed by atoms with Crippen LogP contribution in [-0.4, -0.2) is 43.1 Å². The lowest BCUT2D eigenvalue weighted by Gasteiger charge is -2.25. The van der Waals surface area contributed by atoms with Gasteiger partial charge in [-0.25, -0.2) is 0 Å². The molecule has 3 aromatic carbocycles. The van der Waals surface area contributed by atoms with Crippen molar-refractivity contribution in [3.8, 4) is 0 Å². The molecular formula is C26H30N2OS. The summed E-state index contributed by atoms with van der Waals surface area (Å²) in [4.78, 5) is 9.65. The molecule has 1 aliphatic rings. The van der Waals surface area contributed by atoms with E-state index in [1.54, 1.807) is 11.8 Å². The van der Waals surface area contributed by atoms with Gasteiger partial charge in [0.1, 0.15) is 12.3 Å². The first kappa shape index (κ1) is 21.0. The van der Waals surface area contributed by atoms with E-state index in [0.717, 1.165) is 29.8 Å². The fourth-order valence-corrected chi connectivity index (χ4v) is 4.49. The quantitative estimate of drug-likeness (QED) is 0.188. The second-order valence-corrected chi connectivity index (χ2v) is 8.66. The summed E-state index contributed by atoms with van der Waals surface area (Å²) in [6.45, 7) is 4.20. The number of hydrogen-bond acceptors (Lipinski definition) is 4. The molecule has 4 rings (SSSR count). The average molecular weight is 419 g/mol. The Morgan fingerprint density at radius 2 is 1.70 bits per heavy atom. The maximum absolute atomic E-state index is 5.86. The van der Waals surface area contributed by atoms with Crippen LogP contribution in [-0.2, 0) is 4.84 Å². The van der Waals surface area contributed by atoms with E-state index in [9.17, 15) is 0 Å². The molecule has 4 heteroatoms. The number of benzene rings is 3. The predicted molar refractivity (Wildman–Crippen MR) is 129 cm³/mol. The van der Waals surface area contributed by atoms with Crippen molar-refractivity contribution in [1.82, 2.24) is 4.90 Å².